The number of benzene rings is 1. The maximum Gasteiger partial charge on any atom is 0.123 e. The molecule has 0 aromatic heterocycles. The van der Waals surface area contributed by atoms with E-state index in [1.54, 1.807) is 12.1 Å². The summed E-state index contributed by atoms with van der Waals surface area (Å²) in [6.07, 6.45) is 1.01. The van der Waals surface area contributed by atoms with E-state index in [2.05, 4.69) is 36.1 Å². The number of likely N-dealkylation sites (tertiary alicyclic amines) is 1. The summed E-state index contributed by atoms with van der Waals surface area (Å²) in [6, 6.07) is 7.78. The van der Waals surface area contributed by atoms with E-state index in [0.717, 1.165) is 31.6 Å². The molecule has 21 heavy (non-hydrogen) atoms. The topological polar surface area (TPSA) is 18.5 Å². The van der Waals surface area contributed by atoms with Crippen LogP contribution in [0.4, 0.5) is 4.39 Å². The third-order valence-electron chi connectivity index (χ3n) is 4.65. The van der Waals surface area contributed by atoms with Gasteiger partial charge in [-0.25, -0.2) is 4.39 Å². The van der Waals surface area contributed by atoms with Crippen LogP contribution in [0.2, 0.25) is 0 Å². The number of rotatable bonds is 6. The zero-order valence-electron chi connectivity index (χ0n) is 13.6. The second-order valence-electron chi connectivity index (χ2n) is 6.45. The van der Waals surface area contributed by atoms with Crippen molar-refractivity contribution in [3.05, 3.63) is 35.6 Å². The van der Waals surface area contributed by atoms with Gasteiger partial charge in [-0.2, -0.15) is 0 Å². The molecule has 3 atom stereocenters. The molecule has 0 aliphatic carbocycles. The van der Waals surface area contributed by atoms with Gasteiger partial charge >= 0.3 is 0 Å². The van der Waals surface area contributed by atoms with Crippen molar-refractivity contribution in [2.75, 3.05) is 40.8 Å². The van der Waals surface area contributed by atoms with Crippen molar-refractivity contribution >= 4 is 0 Å². The van der Waals surface area contributed by atoms with E-state index in [4.69, 9.17) is 0 Å². The van der Waals surface area contributed by atoms with Crippen molar-refractivity contribution in [1.82, 2.24) is 15.1 Å². The molecule has 1 aromatic carbocycles. The molecule has 0 spiro atoms. The zero-order chi connectivity index (χ0) is 15.4. The predicted octanol–water partition coefficient (Wildman–Crippen LogP) is 2.36. The standard InChI is InChI=1S/C17H28FN3/c1-13-11-21(12-17(13)20(3)4)9-8-16(19-2)14-6-5-7-15(18)10-14/h5-7,10,13,16-17,19H,8-9,11-12H2,1-4H3. The van der Waals surface area contributed by atoms with Gasteiger partial charge in [-0.1, -0.05) is 19.1 Å². The average molecular weight is 293 g/mol. The van der Waals surface area contributed by atoms with E-state index < -0.39 is 0 Å². The van der Waals surface area contributed by atoms with Gasteiger partial charge in [-0.15, -0.1) is 0 Å². The van der Waals surface area contributed by atoms with Crippen molar-refractivity contribution in [1.29, 1.82) is 0 Å². The van der Waals surface area contributed by atoms with Gasteiger partial charge in [0.2, 0.25) is 0 Å². The Hall–Kier alpha value is -0.970. The molecule has 3 unspecified atom stereocenters. The van der Waals surface area contributed by atoms with E-state index in [9.17, 15) is 4.39 Å². The molecule has 1 aliphatic rings. The van der Waals surface area contributed by atoms with Crippen molar-refractivity contribution < 1.29 is 4.39 Å². The van der Waals surface area contributed by atoms with E-state index in [-0.39, 0.29) is 11.9 Å². The van der Waals surface area contributed by atoms with E-state index in [1.807, 2.05) is 13.1 Å². The highest BCUT2D eigenvalue weighted by Gasteiger charge is 2.30. The lowest BCUT2D eigenvalue weighted by molar-refractivity contribution is 0.248. The average Bonchev–Trinajstić information content (AvgIpc) is 2.81. The zero-order valence-corrected chi connectivity index (χ0v) is 13.6. The molecule has 0 bridgehead atoms. The monoisotopic (exact) mass is 293 g/mol. The first-order valence-corrected chi connectivity index (χ1v) is 7.82. The fourth-order valence-corrected chi connectivity index (χ4v) is 3.42. The molecule has 1 N–H and O–H groups in total. The number of hydrogen-bond donors (Lipinski definition) is 1. The molecule has 0 amide bonds. The highest BCUT2D eigenvalue weighted by Crippen LogP contribution is 2.23. The lowest BCUT2D eigenvalue weighted by Crippen LogP contribution is -2.34. The molecule has 1 heterocycles. The number of nitrogens with zero attached hydrogens (tertiary/aromatic N) is 2. The lowest BCUT2D eigenvalue weighted by Gasteiger charge is -2.23. The molecule has 1 aromatic rings. The van der Waals surface area contributed by atoms with Gasteiger partial charge < -0.3 is 15.1 Å². The Labute approximate surface area is 128 Å². The summed E-state index contributed by atoms with van der Waals surface area (Å²) in [5, 5.41) is 3.31. The van der Waals surface area contributed by atoms with Crippen molar-refractivity contribution in [2.24, 2.45) is 5.92 Å². The molecule has 1 saturated heterocycles. The van der Waals surface area contributed by atoms with Crippen LogP contribution >= 0.6 is 0 Å². The minimum absolute atomic E-state index is 0.157. The van der Waals surface area contributed by atoms with Crippen molar-refractivity contribution in [3.8, 4) is 0 Å². The summed E-state index contributed by atoms with van der Waals surface area (Å²) >= 11 is 0. The largest absolute Gasteiger partial charge is 0.313 e. The SMILES string of the molecule is CNC(CCN1CC(C)C(N(C)C)C1)c1cccc(F)c1. The first-order chi connectivity index (χ1) is 10.0. The van der Waals surface area contributed by atoms with Crippen LogP contribution in [0.1, 0.15) is 24.9 Å². The lowest BCUT2D eigenvalue weighted by atomic mass is 10.0. The molecule has 1 aliphatic heterocycles. The van der Waals surface area contributed by atoms with Gasteiger partial charge in [-0.05, 0) is 51.2 Å². The Bertz CT molecular complexity index is 449. The molecular weight excluding hydrogens is 265 g/mol. The first-order valence-electron chi connectivity index (χ1n) is 7.82. The third-order valence-corrected chi connectivity index (χ3v) is 4.65. The van der Waals surface area contributed by atoms with Gasteiger partial charge in [0.25, 0.3) is 0 Å². The maximum absolute atomic E-state index is 13.4. The summed E-state index contributed by atoms with van der Waals surface area (Å²) < 4.78 is 13.4. The Morgan fingerprint density at radius 3 is 2.71 bits per heavy atom. The molecule has 118 valence electrons. The summed E-state index contributed by atoms with van der Waals surface area (Å²) in [4.78, 5) is 4.85. The quantitative estimate of drug-likeness (QED) is 0.868. The molecule has 1 fully saturated rings. The normalized spacial score (nSPS) is 24.7. The first kappa shape index (κ1) is 16.4. The Morgan fingerprint density at radius 1 is 1.38 bits per heavy atom. The Morgan fingerprint density at radius 2 is 2.14 bits per heavy atom. The van der Waals surface area contributed by atoms with E-state index in [1.165, 1.54) is 6.07 Å². The third kappa shape index (κ3) is 4.25. The molecule has 2 rings (SSSR count). The Balaban J connectivity index is 1.90. The van der Waals surface area contributed by atoms with Crippen LogP contribution in [0.5, 0.6) is 0 Å². The molecule has 0 saturated carbocycles. The van der Waals surface area contributed by atoms with E-state index >= 15 is 0 Å². The predicted molar refractivity (Wildman–Crippen MR) is 85.9 cm³/mol. The van der Waals surface area contributed by atoms with Crippen LogP contribution in [-0.2, 0) is 0 Å². The number of nitrogens with one attached hydrogen (secondary N) is 1. The maximum atomic E-state index is 13.4. The number of likely N-dealkylation sites (N-methyl/N-ethyl adjacent to an activating group) is 1. The second-order valence-corrected chi connectivity index (χ2v) is 6.45. The van der Waals surface area contributed by atoms with Crippen LogP contribution in [0.3, 0.4) is 0 Å². The molecule has 0 radical (unpaired) electrons. The summed E-state index contributed by atoms with van der Waals surface area (Å²) in [5.41, 5.74) is 1.04. The van der Waals surface area contributed by atoms with Gasteiger partial charge in [0, 0.05) is 31.7 Å². The minimum Gasteiger partial charge on any atom is -0.313 e. The minimum atomic E-state index is -0.157. The molecular formula is C17H28FN3. The second kappa shape index (κ2) is 7.34. The number of halogens is 1. The highest BCUT2D eigenvalue weighted by molar-refractivity contribution is 5.20. The molecule has 4 heteroatoms. The van der Waals surface area contributed by atoms with Gasteiger partial charge in [0.05, 0.1) is 0 Å². The van der Waals surface area contributed by atoms with Crippen molar-refractivity contribution in [2.45, 2.75) is 25.4 Å². The van der Waals surface area contributed by atoms with E-state index in [0.29, 0.717) is 12.0 Å². The van der Waals surface area contributed by atoms with Crippen LogP contribution in [0.25, 0.3) is 0 Å². The fraction of sp³-hybridized carbons (Fsp3) is 0.647. The highest BCUT2D eigenvalue weighted by atomic mass is 19.1. The number of hydrogen-bond acceptors (Lipinski definition) is 3. The fourth-order valence-electron chi connectivity index (χ4n) is 3.42. The summed E-state index contributed by atoms with van der Waals surface area (Å²) in [6.45, 7) is 5.67. The molecule has 3 nitrogen and oxygen atoms in total. The Kier molecular flexibility index (Phi) is 5.73. The van der Waals surface area contributed by atoms with Crippen LogP contribution in [0.15, 0.2) is 24.3 Å². The van der Waals surface area contributed by atoms with Gasteiger partial charge in [-0.3, -0.25) is 0 Å². The summed E-state index contributed by atoms with van der Waals surface area (Å²) in [7, 11) is 6.27. The van der Waals surface area contributed by atoms with Crippen LogP contribution in [-0.4, -0.2) is 56.6 Å². The van der Waals surface area contributed by atoms with Crippen LogP contribution < -0.4 is 5.32 Å². The van der Waals surface area contributed by atoms with Gasteiger partial charge in [0.15, 0.2) is 0 Å². The van der Waals surface area contributed by atoms with Crippen LogP contribution in [0, 0.1) is 11.7 Å². The smallest absolute Gasteiger partial charge is 0.123 e. The van der Waals surface area contributed by atoms with Gasteiger partial charge in [0.1, 0.15) is 5.82 Å². The summed E-state index contributed by atoms with van der Waals surface area (Å²) in [5.74, 6) is 0.553. The van der Waals surface area contributed by atoms with Crippen molar-refractivity contribution in [3.63, 3.8) is 0 Å².